The average molecular weight is 268 g/mol. The molecule has 2 atom stereocenters. The van der Waals surface area contributed by atoms with Crippen molar-refractivity contribution >= 4 is 11.9 Å². The van der Waals surface area contributed by atoms with Crippen molar-refractivity contribution in [1.82, 2.24) is 9.80 Å². The first-order chi connectivity index (χ1) is 9.06. The second-order valence-electron chi connectivity index (χ2n) is 5.93. The zero-order chi connectivity index (χ0) is 13.8. The molecule has 0 aliphatic carbocycles. The lowest BCUT2D eigenvalue weighted by Crippen LogP contribution is -2.40. The van der Waals surface area contributed by atoms with Crippen molar-refractivity contribution in [2.45, 2.75) is 45.1 Å². The molecule has 1 N–H and O–H groups in total. The fraction of sp³-hybridized carbons (Fsp3) is 0.857. The molecule has 5 heteroatoms. The van der Waals surface area contributed by atoms with Crippen LogP contribution in [-0.4, -0.2) is 59.0 Å². The van der Waals surface area contributed by atoms with E-state index in [0.717, 1.165) is 26.1 Å². The number of amides is 1. The standard InChI is InChI=1S/C14H24N2O3/c1-11(9-14(18)19)8-13(17)16-7-3-6-15-5-2-4-12(15)10-16/h11-12H,2-10H2,1H3,(H,18,19). The summed E-state index contributed by atoms with van der Waals surface area (Å²) < 4.78 is 0. The van der Waals surface area contributed by atoms with Gasteiger partial charge in [-0.25, -0.2) is 0 Å². The summed E-state index contributed by atoms with van der Waals surface area (Å²) in [6.45, 7) is 5.76. The summed E-state index contributed by atoms with van der Waals surface area (Å²) in [5, 5.41) is 8.74. The smallest absolute Gasteiger partial charge is 0.303 e. The van der Waals surface area contributed by atoms with Crippen molar-refractivity contribution < 1.29 is 14.7 Å². The fourth-order valence-electron chi connectivity index (χ4n) is 3.23. The Morgan fingerprint density at radius 1 is 1.21 bits per heavy atom. The molecule has 0 radical (unpaired) electrons. The van der Waals surface area contributed by atoms with Gasteiger partial charge in [-0.2, -0.15) is 0 Å². The maximum atomic E-state index is 12.2. The molecule has 2 aliphatic heterocycles. The summed E-state index contributed by atoms with van der Waals surface area (Å²) >= 11 is 0. The monoisotopic (exact) mass is 268 g/mol. The molecule has 5 nitrogen and oxygen atoms in total. The molecule has 2 fully saturated rings. The van der Waals surface area contributed by atoms with Crippen molar-refractivity contribution in [1.29, 1.82) is 0 Å². The number of hydrogen-bond donors (Lipinski definition) is 1. The number of aliphatic carboxylic acids is 1. The number of fused-ring (bicyclic) bond motifs is 1. The average Bonchev–Trinajstić information content (AvgIpc) is 2.65. The largest absolute Gasteiger partial charge is 0.481 e. The van der Waals surface area contributed by atoms with Gasteiger partial charge in [-0.05, 0) is 31.7 Å². The van der Waals surface area contributed by atoms with Gasteiger partial charge in [-0.15, -0.1) is 0 Å². The van der Waals surface area contributed by atoms with Gasteiger partial charge in [0.15, 0.2) is 0 Å². The van der Waals surface area contributed by atoms with Gasteiger partial charge < -0.3 is 10.0 Å². The maximum Gasteiger partial charge on any atom is 0.303 e. The predicted octanol–water partition coefficient (Wildman–Crippen LogP) is 1.18. The zero-order valence-electron chi connectivity index (χ0n) is 11.7. The SMILES string of the molecule is CC(CC(=O)O)CC(=O)N1CCCN2CCCC2C1. The first-order valence-electron chi connectivity index (χ1n) is 7.30. The molecule has 0 spiro atoms. The van der Waals surface area contributed by atoms with Crippen LogP contribution in [0.1, 0.15) is 39.0 Å². The molecule has 2 aliphatic rings. The lowest BCUT2D eigenvalue weighted by atomic mass is 10.0. The quantitative estimate of drug-likeness (QED) is 0.832. The highest BCUT2D eigenvalue weighted by Crippen LogP contribution is 2.22. The molecular formula is C14H24N2O3. The van der Waals surface area contributed by atoms with E-state index >= 15 is 0 Å². The van der Waals surface area contributed by atoms with Crippen LogP contribution in [0.4, 0.5) is 0 Å². The molecule has 0 saturated carbocycles. The Kier molecular flexibility index (Phi) is 4.80. The Balaban J connectivity index is 1.86. The van der Waals surface area contributed by atoms with E-state index < -0.39 is 5.97 Å². The number of carbonyl (C=O) groups excluding carboxylic acids is 1. The third-order valence-corrected chi connectivity index (χ3v) is 4.20. The molecule has 1 amide bonds. The molecule has 2 unspecified atom stereocenters. The minimum Gasteiger partial charge on any atom is -0.481 e. The van der Waals surface area contributed by atoms with Crippen LogP contribution >= 0.6 is 0 Å². The third kappa shape index (κ3) is 3.93. The van der Waals surface area contributed by atoms with Crippen molar-refractivity contribution in [3.63, 3.8) is 0 Å². The highest BCUT2D eigenvalue weighted by atomic mass is 16.4. The summed E-state index contributed by atoms with van der Waals surface area (Å²) in [7, 11) is 0. The topological polar surface area (TPSA) is 60.9 Å². The van der Waals surface area contributed by atoms with Crippen molar-refractivity contribution in [2.24, 2.45) is 5.92 Å². The van der Waals surface area contributed by atoms with Gasteiger partial charge in [0, 0.05) is 38.5 Å². The summed E-state index contributed by atoms with van der Waals surface area (Å²) in [5.74, 6) is -0.770. The molecule has 108 valence electrons. The molecule has 0 aromatic carbocycles. The Labute approximate surface area is 114 Å². The molecule has 2 heterocycles. The molecule has 19 heavy (non-hydrogen) atoms. The van der Waals surface area contributed by atoms with E-state index in [0.29, 0.717) is 12.5 Å². The predicted molar refractivity (Wildman–Crippen MR) is 71.8 cm³/mol. The van der Waals surface area contributed by atoms with Crippen LogP contribution in [0.5, 0.6) is 0 Å². The Bertz CT molecular complexity index is 346. The summed E-state index contributed by atoms with van der Waals surface area (Å²) in [6.07, 6.45) is 3.90. The highest BCUT2D eigenvalue weighted by Gasteiger charge is 2.30. The molecule has 0 bridgehead atoms. The van der Waals surface area contributed by atoms with Gasteiger partial charge in [0.1, 0.15) is 0 Å². The number of carboxylic acid groups (broad SMARTS) is 1. The maximum absolute atomic E-state index is 12.2. The Morgan fingerprint density at radius 2 is 1.95 bits per heavy atom. The van der Waals surface area contributed by atoms with Crippen LogP contribution in [0.15, 0.2) is 0 Å². The molecule has 0 aromatic heterocycles. The lowest BCUT2D eigenvalue weighted by molar-refractivity contribution is -0.138. The van der Waals surface area contributed by atoms with Crippen LogP contribution in [0.2, 0.25) is 0 Å². The van der Waals surface area contributed by atoms with Crippen molar-refractivity contribution in [3.05, 3.63) is 0 Å². The molecular weight excluding hydrogens is 244 g/mol. The van der Waals surface area contributed by atoms with Crippen LogP contribution < -0.4 is 0 Å². The van der Waals surface area contributed by atoms with Gasteiger partial charge in [0.25, 0.3) is 0 Å². The first-order valence-corrected chi connectivity index (χ1v) is 7.30. The fourth-order valence-corrected chi connectivity index (χ4v) is 3.23. The number of carbonyl (C=O) groups is 2. The van der Waals surface area contributed by atoms with E-state index in [9.17, 15) is 9.59 Å². The van der Waals surface area contributed by atoms with Crippen LogP contribution in [0, 0.1) is 5.92 Å². The Morgan fingerprint density at radius 3 is 2.68 bits per heavy atom. The van der Waals surface area contributed by atoms with E-state index in [2.05, 4.69) is 4.90 Å². The highest BCUT2D eigenvalue weighted by molar-refractivity contribution is 5.77. The minimum atomic E-state index is -0.821. The van der Waals surface area contributed by atoms with Crippen LogP contribution in [0.25, 0.3) is 0 Å². The van der Waals surface area contributed by atoms with E-state index in [1.807, 2.05) is 11.8 Å². The van der Waals surface area contributed by atoms with Gasteiger partial charge in [0.05, 0.1) is 0 Å². The number of hydrogen-bond acceptors (Lipinski definition) is 3. The third-order valence-electron chi connectivity index (χ3n) is 4.20. The van der Waals surface area contributed by atoms with Crippen LogP contribution in [0.3, 0.4) is 0 Å². The second kappa shape index (κ2) is 6.37. The van der Waals surface area contributed by atoms with Gasteiger partial charge in [-0.3, -0.25) is 14.5 Å². The van der Waals surface area contributed by atoms with E-state index in [-0.39, 0.29) is 18.2 Å². The molecule has 2 saturated heterocycles. The minimum absolute atomic E-state index is 0.0760. The summed E-state index contributed by atoms with van der Waals surface area (Å²) in [6, 6.07) is 0.529. The zero-order valence-corrected chi connectivity index (χ0v) is 11.7. The van der Waals surface area contributed by atoms with Crippen LogP contribution in [-0.2, 0) is 9.59 Å². The van der Waals surface area contributed by atoms with E-state index in [4.69, 9.17) is 5.11 Å². The normalized spacial score (nSPS) is 25.7. The molecule has 0 aromatic rings. The van der Waals surface area contributed by atoms with Gasteiger partial charge >= 0.3 is 5.97 Å². The summed E-state index contributed by atoms with van der Waals surface area (Å²) in [5.41, 5.74) is 0. The van der Waals surface area contributed by atoms with E-state index in [1.165, 1.54) is 19.4 Å². The number of rotatable bonds is 4. The van der Waals surface area contributed by atoms with E-state index in [1.54, 1.807) is 0 Å². The van der Waals surface area contributed by atoms with Gasteiger partial charge in [-0.1, -0.05) is 6.92 Å². The summed E-state index contributed by atoms with van der Waals surface area (Å²) in [4.78, 5) is 27.3. The lowest BCUT2D eigenvalue weighted by Gasteiger charge is -2.26. The molecule has 2 rings (SSSR count). The van der Waals surface area contributed by atoms with Crippen molar-refractivity contribution in [2.75, 3.05) is 26.2 Å². The van der Waals surface area contributed by atoms with Crippen molar-refractivity contribution in [3.8, 4) is 0 Å². The van der Waals surface area contributed by atoms with Gasteiger partial charge in [0.2, 0.25) is 5.91 Å². The first kappa shape index (κ1) is 14.3. The number of nitrogens with zero attached hydrogens (tertiary/aromatic N) is 2. The second-order valence-corrected chi connectivity index (χ2v) is 5.93. The number of carboxylic acids is 1. The Hall–Kier alpha value is -1.10.